The number of rotatable bonds is 5. The number of halogens is 1. The quantitative estimate of drug-likeness (QED) is 0.616. The Morgan fingerprint density at radius 3 is 2.94 bits per heavy atom. The SMILES string of the molecule is O=C(CCc1ccco1)OCc1ccc(Cl)nc1. The minimum absolute atomic E-state index is 0.209. The van der Waals surface area contributed by atoms with Crippen LogP contribution in [-0.4, -0.2) is 11.0 Å². The van der Waals surface area contributed by atoms with E-state index < -0.39 is 0 Å². The van der Waals surface area contributed by atoms with Gasteiger partial charge in [-0.05, 0) is 18.2 Å². The van der Waals surface area contributed by atoms with Gasteiger partial charge in [-0.25, -0.2) is 4.98 Å². The Bertz CT molecular complexity index is 493. The molecular formula is C13H12ClNO3. The van der Waals surface area contributed by atoms with Crippen molar-refractivity contribution in [2.45, 2.75) is 19.4 Å². The van der Waals surface area contributed by atoms with E-state index in [1.165, 1.54) is 0 Å². The van der Waals surface area contributed by atoms with E-state index in [1.54, 1.807) is 30.7 Å². The Hall–Kier alpha value is -1.81. The summed E-state index contributed by atoms with van der Waals surface area (Å²) in [5, 5.41) is 0.419. The van der Waals surface area contributed by atoms with E-state index in [4.69, 9.17) is 20.8 Å². The van der Waals surface area contributed by atoms with Crippen LogP contribution in [0.25, 0.3) is 0 Å². The third-order valence-corrected chi connectivity index (χ3v) is 2.57. The number of hydrogen-bond donors (Lipinski definition) is 0. The summed E-state index contributed by atoms with van der Waals surface area (Å²) >= 11 is 5.65. The summed E-state index contributed by atoms with van der Waals surface area (Å²) in [5.74, 6) is 0.515. The van der Waals surface area contributed by atoms with Crippen LogP contribution in [0.2, 0.25) is 5.15 Å². The van der Waals surface area contributed by atoms with Gasteiger partial charge < -0.3 is 9.15 Å². The molecule has 0 bridgehead atoms. The average molecular weight is 266 g/mol. The summed E-state index contributed by atoms with van der Waals surface area (Å²) < 4.78 is 10.2. The highest BCUT2D eigenvalue weighted by molar-refractivity contribution is 6.29. The van der Waals surface area contributed by atoms with Gasteiger partial charge in [0.25, 0.3) is 0 Å². The van der Waals surface area contributed by atoms with E-state index >= 15 is 0 Å². The summed E-state index contributed by atoms with van der Waals surface area (Å²) in [6, 6.07) is 7.05. The highest BCUT2D eigenvalue weighted by atomic mass is 35.5. The molecule has 4 nitrogen and oxygen atoms in total. The smallest absolute Gasteiger partial charge is 0.306 e. The van der Waals surface area contributed by atoms with Crippen molar-refractivity contribution in [2.75, 3.05) is 0 Å². The number of nitrogens with zero attached hydrogens (tertiary/aromatic N) is 1. The lowest BCUT2D eigenvalue weighted by Crippen LogP contribution is -2.05. The van der Waals surface area contributed by atoms with Crippen LogP contribution in [0.3, 0.4) is 0 Å². The third kappa shape index (κ3) is 3.89. The van der Waals surface area contributed by atoms with Gasteiger partial charge in [0, 0.05) is 18.2 Å². The Kier molecular flexibility index (Phi) is 4.36. The van der Waals surface area contributed by atoms with Crippen molar-refractivity contribution < 1.29 is 13.9 Å². The van der Waals surface area contributed by atoms with E-state index in [0.29, 0.717) is 18.0 Å². The first kappa shape index (κ1) is 12.6. The van der Waals surface area contributed by atoms with Crippen molar-refractivity contribution in [2.24, 2.45) is 0 Å². The average Bonchev–Trinajstić information content (AvgIpc) is 2.89. The predicted molar refractivity (Wildman–Crippen MR) is 66.1 cm³/mol. The first-order valence-electron chi connectivity index (χ1n) is 5.52. The molecule has 18 heavy (non-hydrogen) atoms. The number of aryl methyl sites for hydroxylation is 1. The number of furan rings is 1. The molecule has 0 aliphatic rings. The lowest BCUT2D eigenvalue weighted by Gasteiger charge is -2.04. The molecule has 0 atom stereocenters. The molecule has 5 heteroatoms. The minimum Gasteiger partial charge on any atom is -0.469 e. The predicted octanol–water partition coefficient (Wildman–Crippen LogP) is 3.00. The van der Waals surface area contributed by atoms with Crippen molar-refractivity contribution in [3.8, 4) is 0 Å². The van der Waals surface area contributed by atoms with E-state index in [1.807, 2.05) is 6.07 Å². The molecule has 0 aliphatic carbocycles. The maximum atomic E-state index is 11.5. The number of hydrogen-bond acceptors (Lipinski definition) is 4. The van der Waals surface area contributed by atoms with Gasteiger partial charge in [0.2, 0.25) is 0 Å². The van der Waals surface area contributed by atoms with Gasteiger partial charge in [0.1, 0.15) is 17.5 Å². The highest BCUT2D eigenvalue weighted by Gasteiger charge is 2.05. The molecule has 0 radical (unpaired) electrons. The lowest BCUT2D eigenvalue weighted by atomic mass is 10.2. The molecule has 2 heterocycles. The molecule has 0 N–H and O–H groups in total. The maximum absolute atomic E-state index is 11.5. The maximum Gasteiger partial charge on any atom is 0.306 e. The second-order valence-electron chi connectivity index (χ2n) is 3.73. The molecule has 0 aliphatic heterocycles. The lowest BCUT2D eigenvalue weighted by molar-refractivity contribution is -0.145. The minimum atomic E-state index is -0.263. The molecule has 0 saturated heterocycles. The molecule has 0 aromatic carbocycles. The van der Waals surface area contributed by atoms with Gasteiger partial charge in [0.05, 0.1) is 12.7 Å². The number of carbonyl (C=O) groups excluding carboxylic acids is 1. The topological polar surface area (TPSA) is 52.3 Å². The molecule has 0 unspecified atom stereocenters. The van der Waals surface area contributed by atoms with Crippen LogP contribution in [0, 0.1) is 0 Å². The second-order valence-corrected chi connectivity index (χ2v) is 4.12. The molecule has 0 spiro atoms. The van der Waals surface area contributed by atoms with Gasteiger partial charge in [-0.2, -0.15) is 0 Å². The fourth-order valence-corrected chi connectivity index (χ4v) is 1.52. The first-order valence-corrected chi connectivity index (χ1v) is 5.90. The van der Waals surface area contributed by atoms with Gasteiger partial charge in [-0.1, -0.05) is 17.7 Å². The van der Waals surface area contributed by atoms with Crippen LogP contribution >= 0.6 is 11.6 Å². The normalized spacial score (nSPS) is 10.3. The standard InChI is InChI=1S/C13H12ClNO3/c14-12-5-3-10(8-15-12)9-18-13(16)6-4-11-2-1-7-17-11/h1-3,5,7-8H,4,6,9H2. The number of ether oxygens (including phenoxy) is 1. The van der Waals surface area contributed by atoms with E-state index in [2.05, 4.69) is 4.98 Å². The number of carbonyl (C=O) groups is 1. The molecule has 2 rings (SSSR count). The van der Waals surface area contributed by atoms with Crippen molar-refractivity contribution in [1.82, 2.24) is 4.98 Å². The zero-order valence-corrected chi connectivity index (χ0v) is 10.4. The van der Waals surface area contributed by atoms with Gasteiger partial charge in [0.15, 0.2) is 0 Å². The Balaban J connectivity index is 1.73. The van der Waals surface area contributed by atoms with E-state index in [9.17, 15) is 4.79 Å². The van der Waals surface area contributed by atoms with E-state index in [-0.39, 0.29) is 12.6 Å². The third-order valence-electron chi connectivity index (χ3n) is 2.34. The monoisotopic (exact) mass is 265 g/mol. The number of aromatic nitrogens is 1. The van der Waals surface area contributed by atoms with Crippen molar-refractivity contribution in [3.63, 3.8) is 0 Å². The largest absolute Gasteiger partial charge is 0.469 e. The highest BCUT2D eigenvalue weighted by Crippen LogP contribution is 2.08. The summed E-state index contributed by atoms with van der Waals surface area (Å²) in [6.45, 7) is 0.209. The van der Waals surface area contributed by atoms with Crippen LogP contribution in [0.15, 0.2) is 41.1 Å². The number of pyridine rings is 1. The van der Waals surface area contributed by atoms with Gasteiger partial charge in [-0.3, -0.25) is 4.79 Å². The number of esters is 1. The molecule has 94 valence electrons. The summed E-state index contributed by atoms with van der Waals surface area (Å²) in [6.07, 6.45) is 4.02. The molecule has 0 amide bonds. The molecule has 0 saturated carbocycles. The zero-order valence-electron chi connectivity index (χ0n) is 9.64. The Morgan fingerprint density at radius 1 is 1.39 bits per heavy atom. The Morgan fingerprint density at radius 2 is 2.28 bits per heavy atom. The zero-order chi connectivity index (χ0) is 12.8. The molecule has 0 fully saturated rings. The fraction of sp³-hybridized carbons (Fsp3) is 0.231. The van der Waals surface area contributed by atoms with Gasteiger partial charge >= 0.3 is 5.97 Å². The van der Waals surface area contributed by atoms with Crippen molar-refractivity contribution in [1.29, 1.82) is 0 Å². The van der Waals surface area contributed by atoms with Crippen LogP contribution in [0.5, 0.6) is 0 Å². The van der Waals surface area contributed by atoms with E-state index in [0.717, 1.165) is 11.3 Å². The first-order chi connectivity index (χ1) is 8.74. The Labute approximate surface area is 110 Å². The fourth-order valence-electron chi connectivity index (χ4n) is 1.41. The molecule has 2 aromatic heterocycles. The van der Waals surface area contributed by atoms with Crippen molar-refractivity contribution in [3.05, 3.63) is 53.2 Å². The molecule has 2 aromatic rings. The molecular weight excluding hydrogens is 254 g/mol. The van der Waals surface area contributed by atoms with Crippen molar-refractivity contribution >= 4 is 17.6 Å². The summed E-state index contributed by atoms with van der Waals surface area (Å²) in [4.78, 5) is 15.4. The van der Waals surface area contributed by atoms with Crippen LogP contribution in [-0.2, 0) is 22.6 Å². The summed E-state index contributed by atoms with van der Waals surface area (Å²) in [7, 11) is 0. The van der Waals surface area contributed by atoms with Gasteiger partial charge in [-0.15, -0.1) is 0 Å². The van der Waals surface area contributed by atoms with Crippen LogP contribution < -0.4 is 0 Å². The second kappa shape index (κ2) is 6.21. The van der Waals surface area contributed by atoms with Crippen LogP contribution in [0.4, 0.5) is 0 Å². The summed E-state index contributed by atoms with van der Waals surface area (Å²) in [5.41, 5.74) is 0.811. The van der Waals surface area contributed by atoms with Crippen LogP contribution in [0.1, 0.15) is 17.7 Å².